The predicted octanol–water partition coefficient (Wildman–Crippen LogP) is 2.96. The number of rotatable bonds is 4. The van der Waals surface area contributed by atoms with Gasteiger partial charge in [0, 0.05) is 45.5 Å². The minimum absolute atomic E-state index is 0.0348. The molecular formula is C27H30F6N6O6. The van der Waals surface area contributed by atoms with Crippen LogP contribution in [0.2, 0.25) is 0 Å². The van der Waals surface area contributed by atoms with Gasteiger partial charge in [-0.3, -0.25) is 19.0 Å². The predicted molar refractivity (Wildman–Crippen MR) is 144 cm³/mol. The van der Waals surface area contributed by atoms with Crippen LogP contribution >= 0.6 is 0 Å². The van der Waals surface area contributed by atoms with E-state index in [9.17, 15) is 31.1 Å². The van der Waals surface area contributed by atoms with Gasteiger partial charge in [0.15, 0.2) is 11.5 Å². The van der Waals surface area contributed by atoms with Crippen molar-refractivity contribution in [2.45, 2.75) is 24.9 Å². The molecule has 0 saturated carbocycles. The average Bonchev–Trinajstić information content (AvgIpc) is 3.41. The summed E-state index contributed by atoms with van der Waals surface area (Å²) in [4.78, 5) is 37.4. The van der Waals surface area contributed by atoms with E-state index in [4.69, 9.17) is 24.5 Å². The molecule has 0 bridgehead atoms. The average molecular weight is 649 g/mol. The number of fused-ring (bicyclic) bond motifs is 1. The molecule has 2 saturated heterocycles. The number of halogens is 6. The van der Waals surface area contributed by atoms with Gasteiger partial charge in [-0.1, -0.05) is 30.3 Å². The molecule has 246 valence electrons. The number of ether oxygens (including phenoxy) is 1. The molecule has 5 rings (SSSR count). The molecule has 4 heterocycles. The van der Waals surface area contributed by atoms with Crippen molar-refractivity contribution >= 4 is 23.5 Å². The normalized spacial score (nSPS) is 17.9. The third-order valence-corrected chi connectivity index (χ3v) is 6.74. The summed E-state index contributed by atoms with van der Waals surface area (Å²) in [6.07, 6.45) is -8.27. The Morgan fingerprint density at radius 2 is 1.44 bits per heavy atom. The van der Waals surface area contributed by atoms with Gasteiger partial charge in [0.2, 0.25) is 0 Å². The van der Waals surface area contributed by atoms with Crippen LogP contribution in [0.15, 0.2) is 48.7 Å². The molecule has 45 heavy (non-hydrogen) atoms. The Hall–Kier alpha value is -4.29. The maximum absolute atomic E-state index is 13.0. The van der Waals surface area contributed by atoms with Crippen molar-refractivity contribution in [1.29, 1.82) is 0 Å². The molecule has 0 spiro atoms. The second kappa shape index (κ2) is 15.1. The van der Waals surface area contributed by atoms with E-state index >= 15 is 0 Å². The lowest BCUT2D eigenvalue weighted by Crippen LogP contribution is -2.46. The van der Waals surface area contributed by atoms with Gasteiger partial charge < -0.3 is 19.8 Å². The topological polar surface area (TPSA) is 141 Å². The molecule has 1 aromatic carbocycles. The molecule has 1 amide bonds. The quantitative estimate of drug-likeness (QED) is 0.406. The maximum Gasteiger partial charge on any atom is 0.490 e. The number of hydrogen-bond acceptors (Lipinski definition) is 8. The number of pyridine rings is 1. The highest BCUT2D eigenvalue weighted by Gasteiger charge is 2.39. The highest BCUT2D eigenvalue weighted by molar-refractivity contribution is 5.94. The first-order valence-electron chi connectivity index (χ1n) is 13.4. The van der Waals surface area contributed by atoms with E-state index in [1.54, 1.807) is 0 Å². The Balaban J connectivity index is 0.000000331. The number of benzene rings is 1. The largest absolute Gasteiger partial charge is 0.490 e. The smallest absolute Gasteiger partial charge is 0.475 e. The van der Waals surface area contributed by atoms with Crippen LogP contribution in [0.3, 0.4) is 0 Å². The van der Waals surface area contributed by atoms with Crippen LogP contribution in [-0.4, -0.2) is 123 Å². The number of alkyl halides is 6. The molecule has 12 nitrogen and oxygen atoms in total. The SMILES string of the molecule is CN1CCN(Cc2ccccc2)CC1c1nnc2ccc(C(=O)N3CCOCC3)cn12.O=C(O)C(F)(F)F.O=C(O)C(F)(F)F. The number of carboxylic acids is 2. The number of aromatic nitrogens is 3. The van der Waals surface area contributed by atoms with Gasteiger partial charge in [-0.2, -0.15) is 26.3 Å². The van der Waals surface area contributed by atoms with Crippen LogP contribution < -0.4 is 0 Å². The Morgan fingerprint density at radius 3 is 2.00 bits per heavy atom. The summed E-state index contributed by atoms with van der Waals surface area (Å²) >= 11 is 0. The molecule has 3 aromatic rings. The van der Waals surface area contributed by atoms with Gasteiger partial charge in [-0.25, -0.2) is 9.59 Å². The van der Waals surface area contributed by atoms with E-state index in [2.05, 4.69) is 57.4 Å². The van der Waals surface area contributed by atoms with Crippen LogP contribution in [0, 0.1) is 0 Å². The van der Waals surface area contributed by atoms with Crippen LogP contribution in [-0.2, 0) is 20.9 Å². The Morgan fingerprint density at radius 1 is 0.867 bits per heavy atom. The number of nitrogens with zero attached hydrogens (tertiary/aromatic N) is 6. The van der Waals surface area contributed by atoms with Gasteiger partial charge >= 0.3 is 24.3 Å². The molecule has 2 aliphatic rings. The summed E-state index contributed by atoms with van der Waals surface area (Å²) < 4.78 is 70.8. The fraction of sp³-hybridized carbons (Fsp3) is 0.444. The fourth-order valence-corrected chi connectivity index (χ4v) is 4.41. The van der Waals surface area contributed by atoms with E-state index in [-0.39, 0.29) is 11.9 Å². The number of carbonyl (C=O) groups is 3. The summed E-state index contributed by atoms with van der Waals surface area (Å²) in [5.74, 6) is -4.60. The number of morpholine rings is 1. The zero-order valence-electron chi connectivity index (χ0n) is 23.8. The first kappa shape index (κ1) is 35.2. The van der Waals surface area contributed by atoms with E-state index < -0.39 is 24.3 Å². The van der Waals surface area contributed by atoms with Crippen molar-refractivity contribution in [2.24, 2.45) is 0 Å². The molecule has 0 aliphatic carbocycles. The monoisotopic (exact) mass is 648 g/mol. The second-order valence-corrected chi connectivity index (χ2v) is 9.93. The molecule has 1 unspecified atom stereocenters. The number of carboxylic acid groups (broad SMARTS) is 2. The molecule has 0 radical (unpaired) electrons. The molecule has 2 aromatic heterocycles. The van der Waals surface area contributed by atoms with Gasteiger partial charge in [0.05, 0.1) is 24.8 Å². The lowest BCUT2D eigenvalue weighted by atomic mass is 10.1. The van der Waals surface area contributed by atoms with E-state index in [0.717, 1.165) is 37.7 Å². The van der Waals surface area contributed by atoms with Crippen molar-refractivity contribution < 1.29 is 55.7 Å². The van der Waals surface area contributed by atoms with Crippen LogP contribution in [0.4, 0.5) is 26.3 Å². The number of piperazine rings is 1. The summed E-state index contributed by atoms with van der Waals surface area (Å²) in [6, 6.07) is 14.4. The van der Waals surface area contributed by atoms with Crippen molar-refractivity contribution in [2.75, 3.05) is 53.0 Å². The van der Waals surface area contributed by atoms with Gasteiger partial charge in [-0.15, -0.1) is 10.2 Å². The Bertz CT molecular complexity index is 1420. The third-order valence-electron chi connectivity index (χ3n) is 6.74. The number of likely N-dealkylation sites (N-methyl/N-ethyl adjacent to an activating group) is 1. The minimum Gasteiger partial charge on any atom is -0.475 e. The summed E-state index contributed by atoms with van der Waals surface area (Å²) in [5, 5.41) is 23.1. The Kier molecular flexibility index (Phi) is 11.8. The number of aliphatic carboxylic acids is 2. The first-order chi connectivity index (χ1) is 21.1. The summed E-state index contributed by atoms with van der Waals surface area (Å²) in [5.41, 5.74) is 2.74. The maximum atomic E-state index is 13.0. The fourth-order valence-electron chi connectivity index (χ4n) is 4.41. The number of amides is 1. The lowest BCUT2D eigenvalue weighted by Gasteiger charge is -2.38. The van der Waals surface area contributed by atoms with Crippen molar-refractivity contribution in [1.82, 2.24) is 29.3 Å². The summed E-state index contributed by atoms with van der Waals surface area (Å²) in [7, 11) is 2.13. The molecule has 2 N–H and O–H groups in total. The van der Waals surface area contributed by atoms with Crippen molar-refractivity contribution in [3.8, 4) is 0 Å². The van der Waals surface area contributed by atoms with Crippen LogP contribution in [0.1, 0.15) is 27.8 Å². The van der Waals surface area contributed by atoms with Gasteiger partial charge in [-0.05, 0) is 24.7 Å². The first-order valence-corrected chi connectivity index (χ1v) is 13.4. The highest BCUT2D eigenvalue weighted by Crippen LogP contribution is 2.25. The summed E-state index contributed by atoms with van der Waals surface area (Å²) in [6.45, 7) is 6.21. The zero-order chi connectivity index (χ0) is 33.4. The van der Waals surface area contributed by atoms with Crippen LogP contribution in [0.25, 0.3) is 5.65 Å². The minimum atomic E-state index is -5.08. The Labute approximate surface area is 252 Å². The molecular weight excluding hydrogens is 618 g/mol. The van der Waals surface area contributed by atoms with E-state index in [0.29, 0.717) is 31.9 Å². The lowest BCUT2D eigenvalue weighted by molar-refractivity contribution is -0.193. The second-order valence-electron chi connectivity index (χ2n) is 9.93. The zero-order valence-corrected chi connectivity index (χ0v) is 23.8. The van der Waals surface area contributed by atoms with E-state index in [1.165, 1.54) is 5.56 Å². The van der Waals surface area contributed by atoms with Gasteiger partial charge in [0.1, 0.15) is 0 Å². The highest BCUT2D eigenvalue weighted by atomic mass is 19.4. The van der Waals surface area contributed by atoms with Crippen molar-refractivity contribution in [3.63, 3.8) is 0 Å². The number of carbonyl (C=O) groups excluding carboxylic acids is 1. The standard InChI is InChI=1S/C23H28N6O2.2C2HF3O2/c1-26-9-10-27(15-18-5-3-2-4-6-18)17-20(26)22-25-24-21-8-7-19(16-29(21)22)23(30)28-11-13-31-14-12-28;2*3-2(4,5)1(6)7/h2-8,16,20H,9-15,17H2,1H3;2*(H,6,7). The van der Waals surface area contributed by atoms with Crippen molar-refractivity contribution in [3.05, 3.63) is 65.6 Å². The molecule has 2 fully saturated rings. The molecule has 2 aliphatic heterocycles. The van der Waals surface area contributed by atoms with E-state index in [1.807, 2.05) is 27.6 Å². The third kappa shape index (κ3) is 10.1. The van der Waals surface area contributed by atoms with Gasteiger partial charge in [0.25, 0.3) is 5.91 Å². The van der Waals surface area contributed by atoms with Crippen LogP contribution in [0.5, 0.6) is 0 Å². The molecule has 18 heteroatoms. The molecule has 1 atom stereocenters. The number of hydrogen-bond donors (Lipinski definition) is 2.